The molecule has 110 valence electrons. The molecular weight excluding hydrogens is 284 g/mol. The fraction of sp³-hybridized carbons (Fsp3) is 0. The van der Waals surface area contributed by atoms with Crippen LogP contribution in [0.25, 0.3) is 21.5 Å². The van der Waals surface area contributed by atoms with Crippen molar-refractivity contribution >= 4 is 32.9 Å². The van der Waals surface area contributed by atoms with Gasteiger partial charge in [-0.05, 0) is 28.3 Å². The molecule has 0 unspecified atom stereocenters. The Morgan fingerprint density at radius 2 is 1.35 bits per heavy atom. The van der Waals surface area contributed by atoms with Crippen molar-refractivity contribution in [3.05, 3.63) is 89.8 Å². The number of benzene rings is 4. The predicted molar refractivity (Wildman–Crippen MR) is 94.8 cm³/mol. The van der Waals surface area contributed by atoms with E-state index in [4.69, 9.17) is 0 Å². The van der Waals surface area contributed by atoms with Gasteiger partial charge in [0.05, 0.1) is 4.91 Å². The minimum absolute atomic E-state index is 0.580. The third-order valence-electron chi connectivity index (χ3n) is 3.98. The Kier molecular flexibility index (Phi) is 3.24. The van der Waals surface area contributed by atoms with E-state index in [9.17, 15) is 4.91 Å². The van der Waals surface area contributed by atoms with Crippen molar-refractivity contribution in [3.8, 4) is 0 Å². The SMILES string of the molecule is O=[N+](Nc1cccc2ccccc12)c1ccc2ccccc2c1. The highest BCUT2D eigenvalue weighted by molar-refractivity contribution is 5.93. The topological polar surface area (TPSA) is 32.1 Å². The molecular formula is C20H15N2O+. The van der Waals surface area contributed by atoms with Crippen molar-refractivity contribution in [2.45, 2.75) is 0 Å². The van der Waals surface area contributed by atoms with Crippen LogP contribution in [0.1, 0.15) is 0 Å². The van der Waals surface area contributed by atoms with Crippen molar-refractivity contribution < 1.29 is 4.87 Å². The molecule has 4 aromatic rings. The van der Waals surface area contributed by atoms with Gasteiger partial charge in [-0.2, -0.15) is 0 Å². The van der Waals surface area contributed by atoms with Crippen LogP contribution in [0.5, 0.6) is 0 Å². The lowest BCUT2D eigenvalue weighted by Gasteiger charge is -2.03. The maximum atomic E-state index is 12.5. The van der Waals surface area contributed by atoms with Gasteiger partial charge in [-0.15, -0.1) is 5.43 Å². The quantitative estimate of drug-likeness (QED) is 0.404. The predicted octanol–water partition coefficient (Wildman–Crippen LogP) is 5.43. The van der Waals surface area contributed by atoms with Gasteiger partial charge in [-0.1, -0.05) is 60.7 Å². The zero-order valence-corrected chi connectivity index (χ0v) is 12.4. The van der Waals surface area contributed by atoms with E-state index in [1.54, 1.807) is 0 Å². The monoisotopic (exact) mass is 299 g/mol. The van der Waals surface area contributed by atoms with Crippen LogP contribution in [-0.4, -0.2) is 4.87 Å². The highest BCUT2D eigenvalue weighted by Gasteiger charge is 2.16. The summed E-state index contributed by atoms with van der Waals surface area (Å²) in [5, 5.41) is 4.29. The lowest BCUT2D eigenvalue weighted by molar-refractivity contribution is -0.427. The molecule has 0 bridgehead atoms. The lowest BCUT2D eigenvalue weighted by Crippen LogP contribution is -2.10. The Morgan fingerprint density at radius 3 is 2.22 bits per heavy atom. The molecule has 0 heterocycles. The van der Waals surface area contributed by atoms with Gasteiger partial charge < -0.3 is 0 Å². The van der Waals surface area contributed by atoms with Gasteiger partial charge in [0.2, 0.25) is 0 Å². The zero-order valence-electron chi connectivity index (χ0n) is 12.4. The van der Waals surface area contributed by atoms with Crippen LogP contribution < -0.4 is 5.43 Å². The van der Waals surface area contributed by atoms with Crippen LogP contribution in [0.4, 0.5) is 11.4 Å². The van der Waals surface area contributed by atoms with Crippen molar-refractivity contribution in [2.75, 3.05) is 5.43 Å². The Morgan fingerprint density at radius 1 is 0.652 bits per heavy atom. The molecule has 0 saturated heterocycles. The van der Waals surface area contributed by atoms with Crippen LogP contribution in [0, 0.1) is 4.91 Å². The number of hydrogen-bond acceptors (Lipinski definition) is 1. The summed E-state index contributed by atoms with van der Waals surface area (Å²) in [6.45, 7) is 0. The van der Waals surface area contributed by atoms with E-state index in [0.717, 1.165) is 32.1 Å². The van der Waals surface area contributed by atoms with Crippen molar-refractivity contribution in [1.82, 2.24) is 0 Å². The first kappa shape index (κ1) is 13.5. The average Bonchev–Trinajstić information content (AvgIpc) is 2.61. The highest BCUT2D eigenvalue weighted by atomic mass is 16.3. The molecule has 4 aromatic carbocycles. The second-order valence-electron chi connectivity index (χ2n) is 5.46. The van der Waals surface area contributed by atoms with Crippen LogP contribution in [0.2, 0.25) is 0 Å². The summed E-state index contributed by atoms with van der Waals surface area (Å²) in [4.78, 5) is 13.3. The molecule has 0 aliphatic heterocycles. The van der Waals surface area contributed by atoms with Crippen LogP contribution in [0.15, 0.2) is 84.9 Å². The minimum Gasteiger partial charge on any atom is -0.114 e. The lowest BCUT2D eigenvalue weighted by atomic mass is 10.1. The van der Waals surface area contributed by atoms with Crippen LogP contribution >= 0.6 is 0 Å². The number of hydrogen-bond donors (Lipinski definition) is 1. The van der Waals surface area contributed by atoms with Gasteiger partial charge in [0.15, 0.2) is 4.87 Å². The molecule has 0 spiro atoms. The number of nitroso groups, excluding NO2 is 1. The van der Waals surface area contributed by atoms with Gasteiger partial charge in [0, 0.05) is 17.5 Å². The number of anilines is 1. The number of nitrogens with zero attached hydrogens (tertiary/aromatic N) is 1. The maximum Gasteiger partial charge on any atom is 0.292 e. The second-order valence-corrected chi connectivity index (χ2v) is 5.46. The van der Waals surface area contributed by atoms with Crippen LogP contribution in [0.3, 0.4) is 0 Å². The van der Waals surface area contributed by atoms with E-state index >= 15 is 0 Å². The first-order valence-electron chi connectivity index (χ1n) is 7.52. The molecule has 1 N–H and O–H groups in total. The van der Waals surface area contributed by atoms with E-state index in [1.807, 2.05) is 84.9 Å². The molecule has 0 aliphatic rings. The molecule has 0 fully saturated rings. The molecule has 3 nitrogen and oxygen atoms in total. The van der Waals surface area contributed by atoms with Crippen LogP contribution in [-0.2, 0) is 0 Å². The molecule has 0 atom stereocenters. The van der Waals surface area contributed by atoms with Gasteiger partial charge in [0.1, 0.15) is 5.69 Å². The van der Waals surface area contributed by atoms with Gasteiger partial charge in [-0.3, -0.25) is 0 Å². The van der Waals surface area contributed by atoms with Crippen molar-refractivity contribution in [3.63, 3.8) is 0 Å². The summed E-state index contributed by atoms with van der Waals surface area (Å²) in [5.74, 6) is 0. The van der Waals surface area contributed by atoms with E-state index < -0.39 is 0 Å². The Hall–Kier alpha value is -3.20. The number of hydrazine groups is 1. The molecule has 0 aromatic heterocycles. The standard InChI is InChI=1S/C20H15N2O/c23-22(18-13-12-15-6-1-2-8-17(15)14-18)21-20-11-5-9-16-7-3-4-10-19(16)20/h1-14H,(H,21,23)/q+1. The average molecular weight is 299 g/mol. The van der Waals surface area contributed by atoms with Gasteiger partial charge in [0.25, 0.3) is 5.69 Å². The second kappa shape index (κ2) is 5.54. The van der Waals surface area contributed by atoms with Gasteiger partial charge in [-0.25, -0.2) is 0 Å². The zero-order chi connectivity index (χ0) is 15.6. The molecule has 0 saturated carbocycles. The molecule has 0 radical (unpaired) electrons. The van der Waals surface area contributed by atoms with E-state index in [1.165, 1.54) is 0 Å². The Labute approximate surface area is 133 Å². The largest absolute Gasteiger partial charge is 0.292 e. The molecule has 0 aliphatic carbocycles. The Balaban J connectivity index is 1.70. The Bertz CT molecular complexity index is 1020. The summed E-state index contributed by atoms with van der Waals surface area (Å²) in [7, 11) is 0. The van der Waals surface area contributed by atoms with E-state index in [2.05, 4.69) is 5.43 Å². The molecule has 4 rings (SSSR count). The number of rotatable bonds is 3. The minimum atomic E-state index is 0.580. The highest BCUT2D eigenvalue weighted by Crippen LogP contribution is 2.25. The summed E-state index contributed by atoms with van der Waals surface area (Å²) >= 11 is 0. The molecule has 3 heteroatoms. The first-order chi connectivity index (χ1) is 11.3. The van der Waals surface area contributed by atoms with Crippen molar-refractivity contribution in [2.24, 2.45) is 0 Å². The number of nitrogens with one attached hydrogen (secondary N) is 1. The number of fused-ring (bicyclic) bond motifs is 2. The fourth-order valence-corrected chi connectivity index (χ4v) is 2.80. The molecule has 23 heavy (non-hydrogen) atoms. The van der Waals surface area contributed by atoms with E-state index in [0.29, 0.717) is 5.69 Å². The fourth-order valence-electron chi connectivity index (χ4n) is 2.80. The molecule has 0 amide bonds. The van der Waals surface area contributed by atoms with Crippen molar-refractivity contribution in [1.29, 1.82) is 0 Å². The third kappa shape index (κ3) is 2.53. The van der Waals surface area contributed by atoms with E-state index in [-0.39, 0.29) is 0 Å². The van der Waals surface area contributed by atoms with Gasteiger partial charge >= 0.3 is 0 Å². The summed E-state index contributed by atoms with van der Waals surface area (Å²) < 4.78 is 0. The summed E-state index contributed by atoms with van der Waals surface area (Å²) in [5.41, 5.74) is 4.32. The summed E-state index contributed by atoms with van der Waals surface area (Å²) in [6, 6.07) is 27.6. The first-order valence-corrected chi connectivity index (χ1v) is 7.52. The third-order valence-corrected chi connectivity index (χ3v) is 3.98. The maximum absolute atomic E-state index is 12.5. The normalized spacial score (nSPS) is 10.8. The smallest absolute Gasteiger partial charge is 0.114 e. The summed E-state index contributed by atoms with van der Waals surface area (Å²) in [6.07, 6.45) is 0.